The van der Waals surface area contributed by atoms with Crippen molar-refractivity contribution < 1.29 is 19.4 Å². The van der Waals surface area contributed by atoms with Crippen LogP contribution in [0.15, 0.2) is 24.8 Å². The average molecular weight is 171 g/mol. The number of hydrogen-bond donors (Lipinski definition) is 1. The van der Waals surface area contributed by atoms with Gasteiger partial charge in [-0.15, -0.1) is 6.58 Å². The molecule has 0 spiro atoms. The van der Waals surface area contributed by atoms with Crippen LogP contribution in [0.25, 0.3) is 0 Å². The second-order valence-corrected chi connectivity index (χ2v) is 1.87. The van der Waals surface area contributed by atoms with Gasteiger partial charge < -0.3 is 5.73 Å². The summed E-state index contributed by atoms with van der Waals surface area (Å²) in [5.74, 6) is -0.839. The molecule has 0 aliphatic heterocycles. The molecule has 1 amide bonds. The molecule has 0 atom stereocenters. The maximum atomic E-state index is 10.7. The van der Waals surface area contributed by atoms with Crippen LogP contribution >= 0.6 is 0 Å². The molecule has 0 bridgehead atoms. The van der Waals surface area contributed by atoms with E-state index in [1.165, 1.54) is 6.08 Å². The van der Waals surface area contributed by atoms with Gasteiger partial charge in [-0.1, -0.05) is 12.7 Å². The lowest BCUT2D eigenvalue weighted by Gasteiger charge is -2.00. The molecule has 0 aromatic rings. The van der Waals surface area contributed by atoms with Gasteiger partial charge in [-0.25, -0.2) is 19.4 Å². The van der Waals surface area contributed by atoms with E-state index in [0.29, 0.717) is 0 Å². The average Bonchev–Trinajstić information content (AvgIpc) is 2.00. The van der Waals surface area contributed by atoms with Gasteiger partial charge in [0.05, 0.1) is 0 Å². The van der Waals surface area contributed by atoms with Crippen molar-refractivity contribution in [2.45, 2.75) is 6.42 Å². The topological polar surface area (TPSA) is 78.6 Å². The van der Waals surface area contributed by atoms with Crippen molar-refractivity contribution in [3.05, 3.63) is 24.8 Å². The van der Waals surface area contributed by atoms with Crippen LogP contribution in [-0.2, 0) is 14.6 Å². The third-order valence-electron chi connectivity index (χ3n) is 0.879. The lowest BCUT2D eigenvalue weighted by atomic mass is 10.2. The molecular formula is C7H9NO4. The van der Waals surface area contributed by atoms with E-state index in [4.69, 9.17) is 0 Å². The summed E-state index contributed by atoms with van der Waals surface area (Å²) in [7, 11) is 0. The maximum Gasteiger partial charge on any atom is 0.447 e. The highest BCUT2D eigenvalue weighted by atomic mass is 17.2. The largest absolute Gasteiger partial charge is 0.447 e. The van der Waals surface area contributed by atoms with Crippen molar-refractivity contribution in [2.75, 3.05) is 0 Å². The van der Waals surface area contributed by atoms with Gasteiger partial charge in [0, 0.05) is 5.57 Å². The number of hydrogen-bond acceptors (Lipinski definition) is 4. The van der Waals surface area contributed by atoms with Crippen LogP contribution < -0.4 is 5.73 Å². The zero-order chi connectivity index (χ0) is 9.56. The van der Waals surface area contributed by atoms with Gasteiger partial charge in [0.2, 0.25) is 0 Å². The lowest BCUT2D eigenvalue weighted by molar-refractivity contribution is -0.226. The molecule has 0 unspecified atom stereocenters. The number of rotatable bonds is 3. The predicted molar refractivity (Wildman–Crippen MR) is 40.7 cm³/mol. The Morgan fingerprint density at radius 2 is 2.00 bits per heavy atom. The fraction of sp³-hybridized carbons (Fsp3) is 0.143. The van der Waals surface area contributed by atoms with Crippen LogP contribution in [0.5, 0.6) is 0 Å². The zero-order valence-corrected chi connectivity index (χ0v) is 6.41. The third kappa shape index (κ3) is 4.10. The monoisotopic (exact) mass is 171 g/mol. The second-order valence-electron chi connectivity index (χ2n) is 1.87. The minimum atomic E-state index is -1.19. The number of allylic oxidation sites excluding steroid dienone is 1. The Morgan fingerprint density at radius 3 is 2.42 bits per heavy atom. The smallest absolute Gasteiger partial charge is 0.332 e. The molecule has 0 rings (SSSR count). The van der Waals surface area contributed by atoms with Crippen molar-refractivity contribution in [3.63, 3.8) is 0 Å². The van der Waals surface area contributed by atoms with E-state index in [9.17, 15) is 9.59 Å². The van der Waals surface area contributed by atoms with E-state index in [-0.39, 0.29) is 12.0 Å². The standard InChI is InChI=1S/C7H9NO4/c1-3-4-5(2)6(9)11-12-7(8)10/h3H,1-2,4H2,(H2,8,10). The van der Waals surface area contributed by atoms with Crippen molar-refractivity contribution in [3.8, 4) is 0 Å². The molecule has 12 heavy (non-hydrogen) atoms. The Kier molecular flexibility index (Phi) is 4.21. The Balaban J connectivity index is 3.79. The van der Waals surface area contributed by atoms with E-state index in [1.54, 1.807) is 0 Å². The van der Waals surface area contributed by atoms with Crippen LogP contribution in [0.4, 0.5) is 4.79 Å². The molecule has 0 fully saturated rings. The number of amides is 1. The van der Waals surface area contributed by atoms with Gasteiger partial charge >= 0.3 is 12.1 Å². The predicted octanol–water partition coefficient (Wildman–Crippen LogP) is 0.672. The Morgan fingerprint density at radius 1 is 1.42 bits per heavy atom. The first-order valence-electron chi connectivity index (χ1n) is 3.05. The summed E-state index contributed by atoms with van der Waals surface area (Å²) in [6.07, 6.45) is 0.546. The highest BCUT2D eigenvalue weighted by Gasteiger charge is 2.09. The summed E-state index contributed by atoms with van der Waals surface area (Å²) in [6.45, 7) is 6.72. The Labute approximate surface area is 69.4 Å². The molecule has 0 saturated heterocycles. The van der Waals surface area contributed by atoms with Gasteiger partial charge in [0.15, 0.2) is 0 Å². The number of nitrogens with two attached hydrogens (primary N) is 1. The van der Waals surface area contributed by atoms with E-state index in [1.807, 2.05) is 0 Å². The Bertz CT molecular complexity index is 221. The molecule has 0 aromatic heterocycles. The highest BCUT2D eigenvalue weighted by Crippen LogP contribution is 2.01. The van der Waals surface area contributed by atoms with Crippen LogP contribution in [0.1, 0.15) is 6.42 Å². The van der Waals surface area contributed by atoms with Crippen molar-refractivity contribution in [1.29, 1.82) is 0 Å². The Hall–Kier alpha value is -1.78. The molecule has 0 aliphatic rings. The van der Waals surface area contributed by atoms with E-state index in [2.05, 4.69) is 28.7 Å². The van der Waals surface area contributed by atoms with Crippen molar-refractivity contribution >= 4 is 12.1 Å². The van der Waals surface area contributed by atoms with Gasteiger partial charge in [0.25, 0.3) is 0 Å². The number of carbonyl (C=O) groups is 2. The first kappa shape index (κ1) is 10.2. The molecule has 5 heteroatoms. The molecule has 0 radical (unpaired) electrons. The summed E-state index contributed by atoms with van der Waals surface area (Å²) in [5.41, 5.74) is 4.66. The maximum absolute atomic E-state index is 10.7. The minimum Gasteiger partial charge on any atom is -0.332 e. The minimum absolute atomic E-state index is 0.131. The first-order valence-corrected chi connectivity index (χ1v) is 3.05. The molecule has 66 valence electrons. The van der Waals surface area contributed by atoms with Gasteiger partial charge in [-0.3, -0.25) is 0 Å². The summed E-state index contributed by atoms with van der Waals surface area (Å²) in [5, 5.41) is 0. The summed E-state index contributed by atoms with van der Waals surface area (Å²) in [4.78, 5) is 28.4. The number of carbonyl (C=O) groups excluding carboxylic acids is 2. The fourth-order valence-electron chi connectivity index (χ4n) is 0.395. The first-order chi connectivity index (χ1) is 5.57. The summed E-state index contributed by atoms with van der Waals surface area (Å²) >= 11 is 0. The quantitative estimate of drug-likeness (QED) is 0.293. The van der Waals surface area contributed by atoms with E-state index in [0.717, 1.165) is 0 Å². The van der Waals surface area contributed by atoms with Crippen molar-refractivity contribution in [1.82, 2.24) is 0 Å². The second kappa shape index (κ2) is 4.95. The van der Waals surface area contributed by atoms with Gasteiger partial charge in [-0.05, 0) is 6.42 Å². The summed E-state index contributed by atoms with van der Waals surface area (Å²) < 4.78 is 0. The van der Waals surface area contributed by atoms with Crippen LogP contribution in [-0.4, -0.2) is 12.1 Å². The van der Waals surface area contributed by atoms with Gasteiger partial charge in [-0.2, -0.15) is 0 Å². The molecule has 0 saturated carbocycles. The van der Waals surface area contributed by atoms with Crippen LogP contribution in [0.3, 0.4) is 0 Å². The molecule has 0 aliphatic carbocycles. The molecule has 2 N–H and O–H groups in total. The van der Waals surface area contributed by atoms with E-state index >= 15 is 0 Å². The molecule has 0 aromatic carbocycles. The zero-order valence-electron chi connectivity index (χ0n) is 6.41. The molecule has 0 heterocycles. The lowest BCUT2D eigenvalue weighted by Crippen LogP contribution is -2.17. The summed E-state index contributed by atoms with van der Waals surface area (Å²) in [6, 6.07) is 0. The fourth-order valence-corrected chi connectivity index (χ4v) is 0.395. The normalized spacial score (nSPS) is 8.33. The van der Waals surface area contributed by atoms with Gasteiger partial charge in [0.1, 0.15) is 0 Å². The molecular weight excluding hydrogens is 162 g/mol. The number of primary amides is 1. The van der Waals surface area contributed by atoms with E-state index < -0.39 is 12.1 Å². The SMILES string of the molecule is C=CCC(=C)C(=O)OOC(N)=O. The van der Waals surface area contributed by atoms with Crippen LogP contribution in [0, 0.1) is 0 Å². The van der Waals surface area contributed by atoms with Crippen LogP contribution in [0.2, 0.25) is 0 Å². The third-order valence-corrected chi connectivity index (χ3v) is 0.879. The highest BCUT2D eigenvalue weighted by molar-refractivity contribution is 5.87. The molecule has 5 nitrogen and oxygen atoms in total. The van der Waals surface area contributed by atoms with Crippen molar-refractivity contribution in [2.24, 2.45) is 5.73 Å².